The first-order chi connectivity index (χ1) is 36.2. The molecule has 1 aliphatic rings. The molecule has 73 heavy (non-hydrogen) atoms. The molecule has 13 aromatic carbocycles. The molecule has 14 rings (SSSR count). The van der Waals surface area contributed by atoms with Gasteiger partial charge in [0.05, 0.1) is 5.69 Å². The molecule has 0 heterocycles. The van der Waals surface area contributed by atoms with Crippen LogP contribution in [0.25, 0.3) is 111 Å². The molecule has 0 amide bonds. The highest BCUT2D eigenvalue weighted by Gasteiger charge is 2.26. The second kappa shape index (κ2) is 17.8. The highest BCUT2D eigenvalue weighted by molar-refractivity contribution is 6.23. The van der Waals surface area contributed by atoms with E-state index in [9.17, 15) is 0 Å². The van der Waals surface area contributed by atoms with Crippen molar-refractivity contribution in [3.8, 4) is 22.3 Å². The Bertz CT molecular complexity index is 4410. The third-order valence-corrected chi connectivity index (χ3v) is 15.3. The predicted octanol–water partition coefficient (Wildman–Crippen LogP) is 18.3. The van der Waals surface area contributed by atoms with Crippen molar-refractivity contribution in [1.82, 2.24) is 0 Å². The van der Waals surface area contributed by atoms with E-state index in [-0.39, 0.29) is 5.92 Å². The number of fused-ring (bicyclic) bond motifs is 7. The fourth-order valence-corrected chi connectivity index (χ4v) is 11.9. The van der Waals surface area contributed by atoms with E-state index in [0.29, 0.717) is 0 Å². The maximum Gasteiger partial charge on any atom is 0.0618 e. The summed E-state index contributed by atoms with van der Waals surface area (Å²) in [4.78, 5) is 2.54. The van der Waals surface area contributed by atoms with Gasteiger partial charge < -0.3 is 4.90 Å². The Labute approximate surface area is 425 Å². The van der Waals surface area contributed by atoms with Crippen molar-refractivity contribution in [2.24, 2.45) is 0 Å². The smallest absolute Gasteiger partial charge is 0.0618 e. The minimum Gasteiger partial charge on any atom is -0.309 e. The normalized spacial score (nSPS) is 13.5. The van der Waals surface area contributed by atoms with Crippen LogP contribution in [0.15, 0.2) is 255 Å². The fourth-order valence-electron chi connectivity index (χ4n) is 11.9. The molecule has 1 unspecified atom stereocenters. The van der Waals surface area contributed by atoms with Gasteiger partial charge in [0.25, 0.3) is 0 Å². The van der Waals surface area contributed by atoms with Crippen LogP contribution in [0.2, 0.25) is 0 Å². The average Bonchev–Trinajstić information content (AvgIpc) is 3.46. The molecule has 1 atom stereocenters. The number of nitrogens with zero attached hydrogens (tertiary/aromatic N) is 1. The van der Waals surface area contributed by atoms with Crippen LogP contribution in [0, 0.1) is 0 Å². The van der Waals surface area contributed by atoms with Crippen LogP contribution < -0.4 is 15.3 Å². The van der Waals surface area contributed by atoms with E-state index in [2.05, 4.69) is 284 Å². The van der Waals surface area contributed by atoms with Crippen LogP contribution in [-0.4, -0.2) is 0 Å². The summed E-state index contributed by atoms with van der Waals surface area (Å²) in [6, 6.07) is 94.4. The second-order valence-corrected chi connectivity index (χ2v) is 19.5. The molecular formula is C72H49N. The van der Waals surface area contributed by atoms with Gasteiger partial charge in [0.2, 0.25) is 0 Å². The Morgan fingerprint density at radius 3 is 1.41 bits per heavy atom. The van der Waals surface area contributed by atoms with Crippen molar-refractivity contribution in [3.63, 3.8) is 0 Å². The number of benzene rings is 13. The summed E-state index contributed by atoms with van der Waals surface area (Å²) in [6.45, 7) is 0. The van der Waals surface area contributed by atoms with Gasteiger partial charge in [-0.2, -0.15) is 0 Å². The maximum absolute atomic E-state index is 2.54. The van der Waals surface area contributed by atoms with E-state index in [1.54, 1.807) is 0 Å². The molecule has 1 aliphatic carbocycles. The first kappa shape index (κ1) is 42.6. The molecule has 0 saturated heterocycles. The van der Waals surface area contributed by atoms with Crippen molar-refractivity contribution in [3.05, 3.63) is 282 Å². The first-order valence-electron chi connectivity index (χ1n) is 25.5. The van der Waals surface area contributed by atoms with E-state index in [4.69, 9.17) is 0 Å². The third kappa shape index (κ3) is 7.48. The lowest BCUT2D eigenvalue weighted by atomic mass is 9.83. The van der Waals surface area contributed by atoms with E-state index >= 15 is 0 Å². The molecule has 13 aromatic rings. The Kier molecular flexibility index (Phi) is 10.4. The number of hydrogen-bond acceptors (Lipinski definition) is 1. The van der Waals surface area contributed by atoms with Crippen molar-refractivity contribution < 1.29 is 0 Å². The maximum atomic E-state index is 2.54. The monoisotopic (exact) mass is 927 g/mol. The standard InChI is InChI=1S/C72H49N/c1-2-16-48(17-3-1)30-31-49-32-40-59(41-33-49)73(72-66-28-14-12-26-63(66)70(64-27-13-15-29-67(64)72)57-38-35-51-19-5-8-22-54(51)45-57)60-42-43-65-68(47-60)71(58-39-36-52-20-6-9-23-55(52)46-58)62-25-11-10-24-61(62)69(65)56-37-34-50-18-4-7-21-53(50)44-56/h1-37,39-47,57H,38H2/b31-30+. The zero-order chi connectivity index (χ0) is 48.2. The van der Waals surface area contributed by atoms with Gasteiger partial charge in [-0.15, -0.1) is 0 Å². The lowest BCUT2D eigenvalue weighted by Crippen LogP contribution is -2.27. The summed E-state index contributed by atoms with van der Waals surface area (Å²) in [6.07, 6.45) is 10.3. The van der Waals surface area contributed by atoms with E-state index in [1.165, 1.54) is 114 Å². The van der Waals surface area contributed by atoms with Gasteiger partial charge in [0, 0.05) is 28.1 Å². The van der Waals surface area contributed by atoms with Gasteiger partial charge in [-0.1, -0.05) is 243 Å². The first-order valence-corrected chi connectivity index (χ1v) is 25.5. The van der Waals surface area contributed by atoms with Crippen LogP contribution >= 0.6 is 0 Å². The molecule has 1 nitrogen and oxygen atoms in total. The SMILES string of the molecule is C1=c2ccccc2=CC(c2c3ccccc3c(N(c3ccc(/C=C/c4ccccc4)cc3)c3ccc4c(-c5ccc6ccccc6c5)c5ccccc5c(-c5ccc6ccccc6c5)c4c3)c3ccccc23)C1. The quantitative estimate of drug-likeness (QED) is 0.108. The molecule has 1 heteroatoms. The molecule has 0 aromatic heterocycles. The van der Waals surface area contributed by atoms with Crippen molar-refractivity contribution in [2.45, 2.75) is 12.3 Å². The summed E-state index contributed by atoms with van der Waals surface area (Å²) in [5.41, 5.74) is 11.9. The molecule has 0 fully saturated rings. The molecule has 0 N–H and O–H groups in total. The van der Waals surface area contributed by atoms with Gasteiger partial charge in [0.15, 0.2) is 0 Å². The predicted molar refractivity (Wildman–Crippen MR) is 314 cm³/mol. The van der Waals surface area contributed by atoms with Gasteiger partial charge in [0.1, 0.15) is 0 Å². The van der Waals surface area contributed by atoms with Crippen LogP contribution in [0.1, 0.15) is 29.0 Å². The second-order valence-electron chi connectivity index (χ2n) is 19.5. The fraction of sp³-hybridized carbons (Fsp3) is 0.0278. The van der Waals surface area contributed by atoms with Gasteiger partial charge in [-0.3, -0.25) is 0 Å². The van der Waals surface area contributed by atoms with Crippen LogP contribution in [0.4, 0.5) is 17.1 Å². The number of anilines is 3. The lowest BCUT2D eigenvalue weighted by molar-refractivity contribution is 0.939. The Morgan fingerprint density at radius 2 is 0.795 bits per heavy atom. The summed E-state index contributed by atoms with van der Waals surface area (Å²) < 4.78 is 0. The summed E-state index contributed by atoms with van der Waals surface area (Å²) in [5, 5.41) is 17.4. The summed E-state index contributed by atoms with van der Waals surface area (Å²) in [7, 11) is 0. The van der Waals surface area contributed by atoms with Gasteiger partial charge in [-0.05, 0) is 146 Å². The van der Waals surface area contributed by atoms with Gasteiger partial charge >= 0.3 is 0 Å². The molecule has 0 aliphatic heterocycles. The molecular weight excluding hydrogens is 879 g/mol. The summed E-state index contributed by atoms with van der Waals surface area (Å²) >= 11 is 0. The van der Waals surface area contributed by atoms with Crippen molar-refractivity contribution in [2.75, 3.05) is 4.90 Å². The summed E-state index contributed by atoms with van der Waals surface area (Å²) in [5.74, 6) is 0.217. The molecule has 0 spiro atoms. The van der Waals surface area contributed by atoms with Crippen LogP contribution in [-0.2, 0) is 0 Å². The van der Waals surface area contributed by atoms with E-state index < -0.39 is 0 Å². The van der Waals surface area contributed by atoms with Crippen LogP contribution in [0.3, 0.4) is 0 Å². The van der Waals surface area contributed by atoms with Crippen molar-refractivity contribution >= 4 is 106 Å². The topological polar surface area (TPSA) is 3.24 Å². The molecule has 0 radical (unpaired) electrons. The number of hydrogen-bond donors (Lipinski definition) is 0. The lowest BCUT2D eigenvalue weighted by Gasteiger charge is -2.31. The third-order valence-electron chi connectivity index (χ3n) is 15.3. The van der Waals surface area contributed by atoms with E-state index in [1.807, 2.05) is 0 Å². The van der Waals surface area contributed by atoms with Gasteiger partial charge in [-0.25, -0.2) is 0 Å². The van der Waals surface area contributed by atoms with Crippen LogP contribution in [0.5, 0.6) is 0 Å². The minimum atomic E-state index is 0.217. The largest absolute Gasteiger partial charge is 0.309 e. The average molecular weight is 928 g/mol. The highest BCUT2D eigenvalue weighted by atomic mass is 15.1. The zero-order valence-electron chi connectivity index (χ0n) is 40.3. The zero-order valence-corrected chi connectivity index (χ0v) is 40.3. The Hall–Kier alpha value is -9.30. The number of rotatable bonds is 8. The highest BCUT2D eigenvalue weighted by Crippen LogP contribution is 2.51. The Morgan fingerprint density at radius 1 is 0.329 bits per heavy atom. The molecule has 0 bridgehead atoms. The van der Waals surface area contributed by atoms with E-state index in [0.717, 1.165) is 23.4 Å². The minimum absolute atomic E-state index is 0.217. The Balaban J connectivity index is 1.06. The molecule has 342 valence electrons. The van der Waals surface area contributed by atoms with Crippen molar-refractivity contribution in [1.29, 1.82) is 0 Å². The molecule has 0 saturated carbocycles.